The number of anilines is 2. The first kappa shape index (κ1) is 18.2. The van der Waals surface area contributed by atoms with Gasteiger partial charge < -0.3 is 10.6 Å². The Balaban J connectivity index is 1.50. The summed E-state index contributed by atoms with van der Waals surface area (Å²) < 4.78 is 0. The van der Waals surface area contributed by atoms with Crippen LogP contribution in [0.5, 0.6) is 0 Å². The van der Waals surface area contributed by atoms with Gasteiger partial charge in [0.25, 0.3) is 0 Å². The molecule has 0 aliphatic heterocycles. The molecule has 0 saturated heterocycles. The highest BCUT2D eigenvalue weighted by Gasteiger charge is 2.09. The zero-order valence-electron chi connectivity index (χ0n) is 15.7. The molecule has 0 radical (unpaired) electrons. The summed E-state index contributed by atoms with van der Waals surface area (Å²) >= 11 is 0. The van der Waals surface area contributed by atoms with Crippen molar-refractivity contribution >= 4 is 17.4 Å². The molecule has 4 aromatic rings. The van der Waals surface area contributed by atoms with Gasteiger partial charge in [-0.1, -0.05) is 0 Å². The number of pyridine rings is 2. The average Bonchev–Trinajstić information content (AvgIpc) is 2.76. The summed E-state index contributed by atoms with van der Waals surface area (Å²) in [5.74, 6) is 0.621. The Morgan fingerprint density at radius 2 is 1.34 bits per heavy atom. The summed E-state index contributed by atoms with van der Waals surface area (Å²) in [6.07, 6.45) is 8.53. The number of aromatic nitrogens is 4. The van der Waals surface area contributed by atoms with Gasteiger partial charge in [0.1, 0.15) is 0 Å². The van der Waals surface area contributed by atoms with Crippen LogP contribution in [0.15, 0.2) is 79.5 Å². The van der Waals surface area contributed by atoms with Crippen molar-refractivity contribution in [3.8, 4) is 22.6 Å². The van der Waals surface area contributed by atoms with Crippen molar-refractivity contribution < 1.29 is 4.79 Å². The maximum absolute atomic E-state index is 12.1. The Bertz CT molecular complexity index is 1120. The lowest BCUT2D eigenvalue weighted by molar-refractivity contribution is 0.262. The van der Waals surface area contributed by atoms with Crippen molar-refractivity contribution in [3.63, 3.8) is 0 Å². The lowest BCUT2D eigenvalue weighted by Crippen LogP contribution is -2.19. The van der Waals surface area contributed by atoms with E-state index in [-0.39, 0.29) is 6.03 Å². The van der Waals surface area contributed by atoms with Crippen molar-refractivity contribution in [1.82, 2.24) is 19.9 Å². The van der Waals surface area contributed by atoms with Crippen LogP contribution in [0.25, 0.3) is 22.6 Å². The van der Waals surface area contributed by atoms with Crippen LogP contribution in [0.2, 0.25) is 0 Å². The molecule has 0 spiro atoms. The largest absolute Gasteiger partial charge is 0.323 e. The van der Waals surface area contributed by atoms with Gasteiger partial charge in [-0.25, -0.2) is 14.8 Å². The molecule has 3 aromatic heterocycles. The standard InChI is InChI=1S/C22H18N6O/c1-15-14-25-21(28-20(15)16-6-10-23-11-7-16)17-2-4-18(5-3-17)26-22(29)27-19-8-12-24-13-9-19/h2-14H,1H3,(H2,24,26,27,29). The van der Waals surface area contributed by atoms with E-state index >= 15 is 0 Å². The molecule has 0 aliphatic rings. The summed E-state index contributed by atoms with van der Waals surface area (Å²) in [5.41, 5.74) is 5.06. The fourth-order valence-electron chi connectivity index (χ4n) is 2.81. The number of nitrogens with zero attached hydrogens (tertiary/aromatic N) is 4. The topological polar surface area (TPSA) is 92.7 Å². The third kappa shape index (κ3) is 4.41. The molecule has 7 heteroatoms. The van der Waals surface area contributed by atoms with Crippen molar-refractivity contribution in [2.45, 2.75) is 6.92 Å². The zero-order chi connectivity index (χ0) is 20.1. The third-order valence-corrected chi connectivity index (χ3v) is 4.26. The molecule has 4 rings (SSSR count). The van der Waals surface area contributed by atoms with Gasteiger partial charge in [0.2, 0.25) is 0 Å². The molecule has 0 unspecified atom stereocenters. The van der Waals surface area contributed by atoms with E-state index in [4.69, 9.17) is 4.98 Å². The second kappa shape index (κ2) is 8.26. The molecule has 142 valence electrons. The van der Waals surface area contributed by atoms with Gasteiger partial charge in [-0.3, -0.25) is 9.97 Å². The Morgan fingerprint density at radius 1 is 0.759 bits per heavy atom. The summed E-state index contributed by atoms with van der Waals surface area (Å²) in [4.78, 5) is 29.2. The quantitative estimate of drug-likeness (QED) is 0.540. The highest BCUT2D eigenvalue weighted by molar-refractivity contribution is 5.99. The molecule has 2 amide bonds. The molecule has 1 aromatic carbocycles. The van der Waals surface area contributed by atoms with Crippen molar-refractivity contribution in [2.24, 2.45) is 0 Å². The lowest BCUT2D eigenvalue weighted by Gasteiger charge is -2.09. The maximum Gasteiger partial charge on any atom is 0.323 e. The Labute approximate surface area is 167 Å². The van der Waals surface area contributed by atoms with Crippen molar-refractivity contribution in [1.29, 1.82) is 0 Å². The Morgan fingerprint density at radius 3 is 2.00 bits per heavy atom. The minimum absolute atomic E-state index is 0.324. The molecular formula is C22H18N6O. The Kier molecular flexibility index (Phi) is 5.20. The van der Waals surface area contributed by atoms with Crippen LogP contribution in [-0.2, 0) is 0 Å². The fourth-order valence-corrected chi connectivity index (χ4v) is 2.81. The van der Waals surface area contributed by atoms with E-state index < -0.39 is 0 Å². The molecular weight excluding hydrogens is 364 g/mol. The second-order valence-electron chi connectivity index (χ2n) is 6.35. The number of aryl methyl sites for hydroxylation is 1. The molecule has 3 heterocycles. The first-order valence-corrected chi connectivity index (χ1v) is 9.01. The van der Waals surface area contributed by atoms with E-state index in [0.717, 1.165) is 22.4 Å². The number of hydrogen-bond donors (Lipinski definition) is 2. The number of benzene rings is 1. The summed E-state index contributed by atoms with van der Waals surface area (Å²) in [7, 11) is 0. The predicted molar refractivity (Wildman–Crippen MR) is 112 cm³/mol. The van der Waals surface area contributed by atoms with E-state index in [0.29, 0.717) is 17.2 Å². The third-order valence-electron chi connectivity index (χ3n) is 4.26. The van der Waals surface area contributed by atoms with E-state index in [1.807, 2.05) is 49.5 Å². The molecule has 0 fully saturated rings. The number of carbonyl (C=O) groups excluding carboxylic acids is 1. The maximum atomic E-state index is 12.1. The van der Waals surface area contributed by atoms with Crippen molar-refractivity contribution in [2.75, 3.05) is 10.6 Å². The van der Waals surface area contributed by atoms with Gasteiger partial charge in [0.05, 0.1) is 5.69 Å². The normalized spacial score (nSPS) is 10.4. The average molecular weight is 382 g/mol. The number of nitrogens with one attached hydrogen (secondary N) is 2. The number of hydrogen-bond acceptors (Lipinski definition) is 5. The first-order valence-electron chi connectivity index (χ1n) is 9.01. The molecule has 7 nitrogen and oxygen atoms in total. The highest BCUT2D eigenvalue weighted by Crippen LogP contribution is 2.24. The van der Waals surface area contributed by atoms with Crippen LogP contribution < -0.4 is 10.6 Å². The van der Waals surface area contributed by atoms with E-state index in [1.165, 1.54) is 0 Å². The molecule has 2 N–H and O–H groups in total. The second-order valence-corrected chi connectivity index (χ2v) is 6.35. The summed E-state index contributed by atoms with van der Waals surface area (Å²) in [6.45, 7) is 1.98. The number of amides is 2. The first-order chi connectivity index (χ1) is 14.2. The van der Waals surface area contributed by atoms with Crippen molar-refractivity contribution in [3.05, 3.63) is 85.1 Å². The van der Waals surface area contributed by atoms with Gasteiger partial charge in [0, 0.05) is 53.5 Å². The lowest BCUT2D eigenvalue weighted by atomic mass is 10.1. The number of rotatable bonds is 4. The van der Waals surface area contributed by atoms with Gasteiger partial charge in [-0.2, -0.15) is 0 Å². The molecule has 0 saturated carbocycles. The van der Waals surface area contributed by atoms with Crippen LogP contribution in [-0.4, -0.2) is 26.0 Å². The minimum Gasteiger partial charge on any atom is -0.308 e. The van der Waals surface area contributed by atoms with Crippen LogP contribution >= 0.6 is 0 Å². The summed E-state index contributed by atoms with van der Waals surface area (Å²) in [5, 5.41) is 5.55. The number of carbonyl (C=O) groups is 1. The monoisotopic (exact) mass is 382 g/mol. The smallest absolute Gasteiger partial charge is 0.308 e. The molecule has 0 aliphatic carbocycles. The molecule has 29 heavy (non-hydrogen) atoms. The van der Waals surface area contributed by atoms with Gasteiger partial charge in [0.15, 0.2) is 5.82 Å². The molecule has 0 atom stereocenters. The zero-order valence-corrected chi connectivity index (χ0v) is 15.7. The van der Waals surface area contributed by atoms with Gasteiger partial charge in [-0.05, 0) is 61.0 Å². The Hall–Kier alpha value is -4.13. The van der Waals surface area contributed by atoms with Gasteiger partial charge in [-0.15, -0.1) is 0 Å². The van der Waals surface area contributed by atoms with Crippen LogP contribution in [0.3, 0.4) is 0 Å². The molecule has 0 bridgehead atoms. The van der Waals surface area contributed by atoms with Crippen LogP contribution in [0, 0.1) is 6.92 Å². The van der Waals surface area contributed by atoms with Crippen LogP contribution in [0.1, 0.15) is 5.56 Å². The predicted octanol–water partition coefficient (Wildman–Crippen LogP) is 4.55. The SMILES string of the molecule is Cc1cnc(-c2ccc(NC(=O)Nc3ccncc3)cc2)nc1-c1ccncc1. The highest BCUT2D eigenvalue weighted by atomic mass is 16.2. The van der Waals surface area contributed by atoms with Gasteiger partial charge >= 0.3 is 6.03 Å². The van der Waals surface area contributed by atoms with E-state index in [1.54, 1.807) is 36.9 Å². The van der Waals surface area contributed by atoms with E-state index in [2.05, 4.69) is 25.6 Å². The number of urea groups is 1. The van der Waals surface area contributed by atoms with Crippen LogP contribution in [0.4, 0.5) is 16.2 Å². The minimum atomic E-state index is -0.324. The van der Waals surface area contributed by atoms with E-state index in [9.17, 15) is 4.79 Å². The fraction of sp³-hybridized carbons (Fsp3) is 0.0455. The summed E-state index contributed by atoms with van der Waals surface area (Å²) in [6, 6.07) is 14.4.